The quantitative estimate of drug-likeness (QED) is 0.352. The molecule has 0 aromatic heterocycles. The first-order valence-electron chi connectivity index (χ1n) is 13.4. The Balaban J connectivity index is 3.50. The van der Waals surface area contributed by atoms with Gasteiger partial charge < -0.3 is 20.3 Å². The van der Waals surface area contributed by atoms with E-state index in [1.54, 1.807) is 25.7 Å². The average Bonchev–Trinajstić information content (AvgIpc) is 2.78. The van der Waals surface area contributed by atoms with E-state index in [-0.39, 0.29) is 23.8 Å². The Hall–Kier alpha value is -2.57. The number of aryl methyl sites for hydroxylation is 2. The molecule has 0 fully saturated rings. The molecule has 0 aliphatic carbocycles. The highest BCUT2D eigenvalue weighted by molar-refractivity contribution is 5.92. The van der Waals surface area contributed by atoms with Gasteiger partial charge in [0.15, 0.2) is 0 Å². The summed E-state index contributed by atoms with van der Waals surface area (Å²) in [5.41, 5.74) is 2.06. The van der Waals surface area contributed by atoms with Gasteiger partial charge >= 0.3 is 6.09 Å². The first kappa shape index (κ1) is 31.5. The molecule has 1 aromatic carbocycles. The van der Waals surface area contributed by atoms with Crippen LogP contribution in [0.4, 0.5) is 4.79 Å². The van der Waals surface area contributed by atoms with Gasteiger partial charge in [0.05, 0.1) is 0 Å². The minimum absolute atomic E-state index is 0.154. The molecule has 0 radical (unpaired) electrons. The maximum atomic E-state index is 14.2. The third kappa shape index (κ3) is 9.47. The highest BCUT2D eigenvalue weighted by Gasteiger charge is 2.39. The molecule has 0 saturated carbocycles. The summed E-state index contributed by atoms with van der Waals surface area (Å²) < 4.78 is 5.46. The van der Waals surface area contributed by atoms with Crippen LogP contribution in [0.1, 0.15) is 104 Å². The molecule has 0 spiro atoms. The number of alkyl carbamates (subject to hydrolysis) is 1. The first-order valence-corrected chi connectivity index (χ1v) is 13.4. The molecule has 7 heteroatoms. The standard InChI is InChI=1S/C29H49N3O4/c1-11-13-14-17-30-26(33)25(23-18-20(5)15-16-22(23)7)32(19(3)4)27(34)24(21(6)12-2)31-28(35)36-29(8,9)10/h15-16,18-19,21,24-25H,11-14,17H2,1-10H3,(H,30,33)(H,31,35). The van der Waals surface area contributed by atoms with E-state index in [2.05, 4.69) is 17.6 Å². The van der Waals surface area contributed by atoms with Crippen molar-refractivity contribution in [2.45, 2.75) is 119 Å². The van der Waals surface area contributed by atoms with Crippen LogP contribution in [0.15, 0.2) is 18.2 Å². The predicted octanol–water partition coefficient (Wildman–Crippen LogP) is 5.83. The maximum absolute atomic E-state index is 14.2. The van der Waals surface area contributed by atoms with Crippen molar-refractivity contribution in [2.24, 2.45) is 5.92 Å². The van der Waals surface area contributed by atoms with E-state index in [1.165, 1.54) is 0 Å². The molecule has 204 valence electrons. The minimum Gasteiger partial charge on any atom is -0.444 e. The Kier molecular flexibility index (Phi) is 12.4. The van der Waals surface area contributed by atoms with Crippen molar-refractivity contribution >= 4 is 17.9 Å². The Morgan fingerprint density at radius 2 is 1.67 bits per heavy atom. The molecule has 0 bridgehead atoms. The Morgan fingerprint density at radius 1 is 1.03 bits per heavy atom. The third-order valence-corrected chi connectivity index (χ3v) is 6.30. The van der Waals surface area contributed by atoms with Crippen LogP contribution >= 0.6 is 0 Å². The zero-order valence-electron chi connectivity index (χ0n) is 24.2. The number of benzene rings is 1. The largest absolute Gasteiger partial charge is 0.444 e. The monoisotopic (exact) mass is 503 g/mol. The van der Waals surface area contributed by atoms with Crippen LogP contribution in [-0.4, -0.2) is 47.0 Å². The molecule has 36 heavy (non-hydrogen) atoms. The van der Waals surface area contributed by atoms with Gasteiger partial charge in [0.1, 0.15) is 17.7 Å². The lowest BCUT2D eigenvalue weighted by Crippen LogP contribution is -2.57. The second-order valence-electron chi connectivity index (χ2n) is 11.1. The molecule has 7 nitrogen and oxygen atoms in total. The minimum atomic E-state index is -0.826. The van der Waals surface area contributed by atoms with E-state index in [9.17, 15) is 14.4 Å². The van der Waals surface area contributed by atoms with Gasteiger partial charge in [-0.1, -0.05) is 63.8 Å². The average molecular weight is 504 g/mol. The van der Waals surface area contributed by atoms with E-state index in [4.69, 9.17) is 4.74 Å². The van der Waals surface area contributed by atoms with Gasteiger partial charge in [-0.2, -0.15) is 0 Å². The zero-order valence-corrected chi connectivity index (χ0v) is 24.2. The molecule has 3 atom stereocenters. The summed E-state index contributed by atoms with van der Waals surface area (Å²) >= 11 is 0. The molecule has 0 aliphatic rings. The molecule has 0 saturated heterocycles. The van der Waals surface area contributed by atoms with Crippen LogP contribution in [0.25, 0.3) is 0 Å². The third-order valence-electron chi connectivity index (χ3n) is 6.30. The summed E-state index contributed by atoms with van der Waals surface area (Å²) in [7, 11) is 0. The summed E-state index contributed by atoms with van der Waals surface area (Å²) in [6.07, 6.45) is 3.00. The van der Waals surface area contributed by atoms with Crippen LogP contribution in [0.3, 0.4) is 0 Å². The van der Waals surface area contributed by atoms with E-state index in [0.717, 1.165) is 36.0 Å². The lowest BCUT2D eigenvalue weighted by Gasteiger charge is -2.39. The molecule has 3 unspecified atom stereocenters. The van der Waals surface area contributed by atoms with Gasteiger partial charge in [-0.25, -0.2) is 4.79 Å². The fourth-order valence-corrected chi connectivity index (χ4v) is 4.11. The number of ether oxygens (including phenoxy) is 1. The van der Waals surface area contributed by atoms with Crippen molar-refractivity contribution in [3.8, 4) is 0 Å². The molecular weight excluding hydrogens is 454 g/mol. The molecular formula is C29H49N3O4. The molecule has 0 heterocycles. The van der Waals surface area contributed by atoms with Gasteiger partial charge in [-0.15, -0.1) is 0 Å². The van der Waals surface area contributed by atoms with E-state index < -0.39 is 23.8 Å². The van der Waals surface area contributed by atoms with Crippen LogP contribution in [0, 0.1) is 19.8 Å². The highest BCUT2D eigenvalue weighted by atomic mass is 16.6. The topological polar surface area (TPSA) is 87.7 Å². The van der Waals surface area contributed by atoms with Crippen molar-refractivity contribution in [2.75, 3.05) is 6.54 Å². The molecule has 3 amide bonds. The van der Waals surface area contributed by atoms with E-state index in [1.807, 2.05) is 59.7 Å². The second kappa shape index (κ2) is 14.2. The van der Waals surface area contributed by atoms with E-state index in [0.29, 0.717) is 13.0 Å². The molecule has 1 aromatic rings. The number of carbonyl (C=O) groups is 3. The van der Waals surface area contributed by atoms with Crippen LogP contribution in [0.5, 0.6) is 0 Å². The SMILES string of the molecule is CCCCCNC(=O)C(c1cc(C)ccc1C)N(C(=O)C(NC(=O)OC(C)(C)C)C(C)CC)C(C)C. The van der Waals surface area contributed by atoms with Crippen molar-refractivity contribution in [1.82, 2.24) is 15.5 Å². The zero-order chi connectivity index (χ0) is 27.6. The van der Waals surface area contributed by atoms with E-state index >= 15 is 0 Å². The number of rotatable bonds is 12. The van der Waals surface area contributed by atoms with Crippen molar-refractivity contribution in [1.29, 1.82) is 0 Å². The number of nitrogens with zero attached hydrogens (tertiary/aromatic N) is 1. The highest BCUT2D eigenvalue weighted by Crippen LogP contribution is 2.29. The van der Waals surface area contributed by atoms with Crippen molar-refractivity contribution in [3.05, 3.63) is 34.9 Å². The van der Waals surface area contributed by atoms with Crippen LogP contribution < -0.4 is 10.6 Å². The number of nitrogens with one attached hydrogen (secondary N) is 2. The Morgan fingerprint density at radius 3 is 2.19 bits per heavy atom. The first-order chi connectivity index (χ1) is 16.7. The Labute approximate surface area is 218 Å². The summed E-state index contributed by atoms with van der Waals surface area (Å²) in [6, 6.07) is 4.04. The summed E-state index contributed by atoms with van der Waals surface area (Å²) in [4.78, 5) is 42.1. The van der Waals surface area contributed by atoms with Gasteiger partial charge in [-0.05, 0) is 71.9 Å². The van der Waals surface area contributed by atoms with Crippen LogP contribution in [0.2, 0.25) is 0 Å². The van der Waals surface area contributed by atoms with Gasteiger partial charge in [0, 0.05) is 12.6 Å². The lowest BCUT2D eigenvalue weighted by molar-refractivity contribution is -0.145. The van der Waals surface area contributed by atoms with Gasteiger partial charge in [-0.3, -0.25) is 9.59 Å². The normalized spacial score (nSPS) is 14.1. The maximum Gasteiger partial charge on any atom is 0.408 e. The van der Waals surface area contributed by atoms with Crippen molar-refractivity contribution in [3.63, 3.8) is 0 Å². The molecule has 0 aliphatic heterocycles. The van der Waals surface area contributed by atoms with Crippen LogP contribution in [-0.2, 0) is 14.3 Å². The van der Waals surface area contributed by atoms with Gasteiger partial charge in [0.2, 0.25) is 11.8 Å². The number of hydrogen-bond acceptors (Lipinski definition) is 4. The molecule has 1 rings (SSSR count). The second-order valence-corrected chi connectivity index (χ2v) is 11.1. The fraction of sp³-hybridized carbons (Fsp3) is 0.690. The summed E-state index contributed by atoms with van der Waals surface area (Å²) in [5.74, 6) is -0.653. The number of carbonyl (C=O) groups excluding carboxylic acids is 3. The number of hydrogen-bond donors (Lipinski definition) is 2. The van der Waals surface area contributed by atoms with Gasteiger partial charge in [0.25, 0.3) is 0 Å². The summed E-state index contributed by atoms with van der Waals surface area (Å²) in [5, 5.41) is 5.87. The smallest absolute Gasteiger partial charge is 0.408 e. The lowest BCUT2D eigenvalue weighted by atomic mass is 9.92. The predicted molar refractivity (Wildman–Crippen MR) is 146 cm³/mol. The number of unbranched alkanes of at least 4 members (excludes halogenated alkanes) is 2. The van der Waals surface area contributed by atoms with Crippen molar-refractivity contribution < 1.29 is 19.1 Å². The Bertz CT molecular complexity index is 876. The fourth-order valence-electron chi connectivity index (χ4n) is 4.11. The molecule has 2 N–H and O–H groups in total. The number of amides is 3. The summed E-state index contributed by atoms with van der Waals surface area (Å²) in [6.45, 7) is 19.7.